The second-order valence-electron chi connectivity index (χ2n) is 4.85. The van der Waals surface area contributed by atoms with Crippen molar-refractivity contribution >= 4 is 23.2 Å². The van der Waals surface area contributed by atoms with Gasteiger partial charge in [-0.2, -0.15) is 0 Å². The molecule has 2 amide bonds. The monoisotopic (exact) mass is 286 g/mol. The van der Waals surface area contributed by atoms with E-state index in [9.17, 15) is 9.59 Å². The first-order valence-electron chi connectivity index (χ1n) is 6.66. The first-order chi connectivity index (χ1) is 10.1. The Morgan fingerprint density at radius 2 is 2.05 bits per heavy atom. The van der Waals surface area contributed by atoms with E-state index in [0.29, 0.717) is 17.8 Å². The zero-order valence-corrected chi connectivity index (χ0v) is 11.5. The Morgan fingerprint density at radius 1 is 1.29 bits per heavy atom. The summed E-state index contributed by atoms with van der Waals surface area (Å²) in [6.07, 6.45) is 1.48. The van der Waals surface area contributed by atoms with Gasteiger partial charge in [0.1, 0.15) is 5.69 Å². The molecular formula is C14H14N4O3. The molecule has 0 atom stereocenters. The highest BCUT2D eigenvalue weighted by molar-refractivity contribution is 6.03. The van der Waals surface area contributed by atoms with Crippen molar-refractivity contribution in [3.05, 3.63) is 35.7 Å². The van der Waals surface area contributed by atoms with Crippen LogP contribution in [0.15, 0.2) is 28.9 Å². The number of carbonyl (C=O) groups is 2. The lowest BCUT2D eigenvalue weighted by Gasteiger charge is -2.15. The Balaban J connectivity index is 1.71. The summed E-state index contributed by atoms with van der Waals surface area (Å²) in [5.41, 5.74) is 2.06. The highest BCUT2D eigenvalue weighted by atomic mass is 16.6. The lowest BCUT2D eigenvalue weighted by atomic mass is 10.2. The quantitative estimate of drug-likeness (QED) is 0.928. The van der Waals surface area contributed by atoms with Gasteiger partial charge in [-0.05, 0) is 42.8 Å². The molecular weight excluding hydrogens is 272 g/mol. The topological polar surface area (TPSA) is 88.3 Å². The minimum absolute atomic E-state index is 0.135. The third kappa shape index (κ3) is 2.62. The van der Waals surface area contributed by atoms with Crippen LogP contribution in [0.25, 0.3) is 0 Å². The predicted octanol–water partition coefficient (Wildman–Crippen LogP) is 1.76. The Labute approximate surface area is 120 Å². The molecule has 2 aromatic rings. The van der Waals surface area contributed by atoms with Crippen molar-refractivity contribution in [2.45, 2.75) is 19.8 Å². The summed E-state index contributed by atoms with van der Waals surface area (Å²) in [5.74, 6) is -0.241. The molecule has 0 unspecified atom stereocenters. The van der Waals surface area contributed by atoms with Gasteiger partial charge >= 0.3 is 0 Å². The molecule has 7 heteroatoms. The van der Waals surface area contributed by atoms with Crippen molar-refractivity contribution in [3.63, 3.8) is 0 Å². The zero-order chi connectivity index (χ0) is 14.8. The fraction of sp³-hybridized carbons (Fsp3) is 0.286. The fourth-order valence-corrected chi connectivity index (χ4v) is 2.27. The number of benzene rings is 1. The van der Waals surface area contributed by atoms with Crippen LogP contribution >= 0.6 is 0 Å². The Morgan fingerprint density at radius 3 is 2.62 bits per heavy atom. The number of nitrogens with one attached hydrogen (secondary N) is 1. The normalized spacial score (nSPS) is 14.5. The molecule has 1 fully saturated rings. The van der Waals surface area contributed by atoms with E-state index in [1.165, 1.54) is 0 Å². The molecule has 7 nitrogen and oxygen atoms in total. The van der Waals surface area contributed by atoms with E-state index in [1.807, 2.05) is 12.1 Å². The summed E-state index contributed by atoms with van der Waals surface area (Å²) in [5, 5.41) is 9.82. The van der Waals surface area contributed by atoms with Gasteiger partial charge in [-0.3, -0.25) is 9.59 Å². The van der Waals surface area contributed by atoms with E-state index < -0.39 is 0 Å². The highest BCUT2D eigenvalue weighted by Gasteiger charge is 2.21. The molecule has 0 spiro atoms. The molecule has 1 aromatic heterocycles. The number of aryl methyl sites for hydroxylation is 1. The first-order valence-corrected chi connectivity index (χ1v) is 6.66. The minimum Gasteiger partial charge on any atom is -0.320 e. The molecule has 3 rings (SSSR count). The van der Waals surface area contributed by atoms with Crippen molar-refractivity contribution in [2.24, 2.45) is 0 Å². The molecule has 0 bridgehead atoms. The number of nitrogens with zero attached hydrogens (tertiary/aromatic N) is 3. The van der Waals surface area contributed by atoms with Gasteiger partial charge in [0.25, 0.3) is 5.91 Å². The van der Waals surface area contributed by atoms with Crippen LogP contribution in [-0.2, 0) is 4.79 Å². The molecule has 1 aliphatic heterocycles. The standard InChI is InChI=1S/C14H14N4O3/c1-9-13(17-21-16-9)14(20)15-10-4-6-11(7-5-10)18-8-2-3-12(18)19/h4-7H,2-3,8H2,1H3,(H,15,20). The summed E-state index contributed by atoms with van der Waals surface area (Å²) >= 11 is 0. The number of hydrogen-bond acceptors (Lipinski definition) is 5. The van der Waals surface area contributed by atoms with Gasteiger partial charge in [0.05, 0.1) is 0 Å². The molecule has 0 aliphatic carbocycles. The van der Waals surface area contributed by atoms with Crippen molar-refractivity contribution < 1.29 is 14.2 Å². The summed E-state index contributed by atoms with van der Waals surface area (Å²) < 4.78 is 4.50. The van der Waals surface area contributed by atoms with E-state index in [1.54, 1.807) is 24.0 Å². The molecule has 108 valence electrons. The van der Waals surface area contributed by atoms with Gasteiger partial charge in [-0.25, -0.2) is 4.63 Å². The van der Waals surface area contributed by atoms with E-state index in [-0.39, 0.29) is 17.5 Å². The number of amides is 2. The van der Waals surface area contributed by atoms with Crippen molar-refractivity contribution in [2.75, 3.05) is 16.8 Å². The number of anilines is 2. The van der Waals surface area contributed by atoms with Crippen LogP contribution in [0.3, 0.4) is 0 Å². The third-order valence-electron chi connectivity index (χ3n) is 3.38. The maximum Gasteiger partial charge on any atom is 0.279 e. The predicted molar refractivity (Wildman–Crippen MR) is 75.0 cm³/mol. The maximum absolute atomic E-state index is 12.0. The third-order valence-corrected chi connectivity index (χ3v) is 3.38. The van der Waals surface area contributed by atoms with E-state index >= 15 is 0 Å². The zero-order valence-electron chi connectivity index (χ0n) is 11.5. The lowest BCUT2D eigenvalue weighted by molar-refractivity contribution is -0.117. The van der Waals surface area contributed by atoms with Gasteiger partial charge in [-0.15, -0.1) is 0 Å². The summed E-state index contributed by atoms with van der Waals surface area (Å²) in [4.78, 5) is 25.4. The van der Waals surface area contributed by atoms with Crippen LogP contribution in [0, 0.1) is 6.92 Å². The average molecular weight is 286 g/mol. The SMILES string of the molecule is Cc1nonc1C(=O)Nc1ccc(N2CCCC2=O)cc1. The summed E-state index contributed by atoms with van der Waals surface area (Å²) in [7, 11) is 0. The van der Waals surface area contributed by atoms with E-state index in [0.717, 1.165) is 18.7 Å². The van der Waals surface area contributed by atoms with Crippen molar-refractivity contribution in [3.8, 4) is 0 Å². The van der Waals surface area contributed by atoms with Gasteiger partial charge < -0.3 is 10.2 Å². The second kappa shape index (κ2) is 5.35. The highest BCUT2D eigenvalue weighted by Crippen LogP contribution is 2.23. The van der Waals surface area contributed by atoms with Crippen LogP contribution in [-0.4, -0.2) is 28.7 Å². The Bertz CT molecular complexity index is 678. The van der Waals surface area contributed by atoms with Gasteiger partial charge in [0.2, 0.25) is 5.91 Å². The summed E-state index contributed by atoms with van der Waals surface area (Å²) in [6, 6.07) is 7.13. The minimum atomic E-state index is -0.376. The van der Waals surface area contributed by atoms with E-state index in [4.69, 9.17) is 0 Å². The van der Waals surface area contributed by atoms with Crippen molar-refractivity contribution in [1.29, 1.82) is 0 Å². The molecule has 0 saturated carbocycles. The second-order valence-corrected chi connectivity index (χ2v) is 4.85. The largest absolute Gasteiger partial charge is 0.320 e. The van der Waals surface area contributed by atoms with Gasteiger partial charge in [0, 0.05) is 24.3 Å². The molecule has 21 heavy (non-hydrogen) atoms. The van der Waals surface area contributed by atoms with Crippen LogP contribution in [0.5, 0.6) is 0 Å². The number of aromatic nitrogens is 2. The number of carbonyl (C=O) groups excluding carboxylic acids is 2. The van der Waals surface area contributed by atoms with Gasteiger partial charge in [0.15, 0.2) is 5.69 Å². The molecule has 1 N–H and O–H groups in total. The average Bonchev–Trinajstić information content (AvgIpc) is 3.08. The molecule has 1 aliphatic rings. The molecule has 1 aromatic carbocycles. The number of rotatable bonds is 3. The van der Waals surface area contributed by atoms with Crippen LogP contribution in [0.2, 0.25) is 0 Å². The van der Waals surface area contributed by atoms with Crippen LogP contribution < -0.4 is 10.2 Å². The van der Waals surface area contributed by atoms with Crippen LogP contribution in [0.1, 0.15) is 29.0 Å². The maximum atomic E-state index is 12.0. The summed E-state index contributed by atoms with van der Waals surface area (Å²) in [6.45, 7) is 2.39. The fourth-order valence-electron chi connectivity index (χ4n) is 2.27. The number of hydrogen-bond donors (Lipinski definition) is 1. The first kappa shape index (κ1) is 13.3. The van der Waals surface area contributed by atoms with Crippen molar-refractivity contribution in [1.82, 2.24) is 10.3 Å². The lowest BCUT2D eigenvalue weighted by Crippen LogP contribution is -2.23. The molecule has 1 saturated heterocycles. The Hall–Kier alpha value is -2.70. The van der Waals surface area contributed by atoms with Crippen LogP contribution in [0.4, 0.5) is 11.4 Å². The van der Waals surface area contributed by atoms with E-state index in [2.05, 4.69) is 20.3 Å². The smallest absolute Gasteiger partial charge is 0.279 e. The van der Waals surface area contributed by atoms with Gasteiger partial charge in [-0.1, -0.05) is 5.16 Å². The molecule has 2 heterocycles. The molecule has 0 radical (unpaired) electrons. The Kier molecular flexibility index (Phi) is 3.39.